The quantitative estimate of drug-likeness (QED) is 0.565. The molecule has 0 radical (unpaired) electrons. The molecule has 1 fully saturated rings. The Kier molecular flexibility index (Phi) is 5.62. The van der Waals surface area contributed by atoms with Crippen LogP contribution in [0.15, 0.2) is 66.7 Å². The topological polar surface area (TPSA) is 69.7 Å². The molecule has 1 N–H and O–H groups in total. The van der Waals surface area contributed by atoms with Gasteiger partial charge in [-0.1, -0.05) is 53.6 Å². The Labute approximate surface area is 206 Å². The highest BCUT2D eigenvalue weighted by Gasteiger charge is 2.61. The smallest absolute Gasteiger partial charge is 0.269 e. The highest BCUT2D eigenvalue weighted by Crippen LogP contribution is 2.55. The largest absolute Gasteiger partial charge is 0.324 e. The molecule has 3 amide bonds. The fraction of sp³-hybridized carbons (Fsp3) is 0.192. The Morgan fingerprint density at radius 1 is 1.06 bits per heavy atom. The number of carbonyl (C=O) groups is 3. The Bertz CT molecular complexity index is 1340. The zero-order valence-corrected chi connectivity index (χ0v) is 20.2. The van der Waals surface area contributed by atoms with Crippen molar-refractivity contribution in [3.8, 4) is 0 Å². The van der Waals surface area contributed by atoms with Gasteiger partial charge in [-0.05, 0) is 49.7 Å². The lowest BCUT2D eigenvalue weighted by Crippen LogP contribution is -2.50. The van der Waals surface area contributed by atoms with Gasteiger partial charge < -0.3 is 5.32 Å². The molecule has 1 spiro atoms. The Morgan fingerprint density at radius 2 is 1.85 bits per heavy atom. The van der Waals surface area contributed by atoms with Crippen LogP contribution in [0.5, 0.6) is 0 Å². The standard InChI is InChI=1S/C26H22ClN3O3S/c1-16-10-11-21(17(2)12-16)28-23(31)14-29-22-9-4-3-8-20(22)26(25(29)33)30(24(32)15-34-26)19-7-5-6-18(27)13-19/h3-13H,14-15H2,1-2H3,(H,28,31)/t26-/m0/s1. The fourth-order valence-electron chi connectivity index (χ4n) is 4.61. The number of para-hydroxylation sites is 1. The first-order valence-corrected chi connectivity index (χ1v) is 12.2. The summed E-state index contributed by atoms with van der Waals surface area (Å²) in [6.07, 6.45) is 0. The number of carbonyl (C=O) groups excluding carboxylic acids is 3. The van der Waals surface area contributed by atoms with Gasteiger partial charge in [0.2, 0.25) is 16.7 Å². The van der Waals surface area contributed by atoms with Gasteiger partial charge in [-0.15, -0.1) is 11.8 Å². The zero-order chi connectivity index (χ0) is 24.0. The van der Waals surface area contributed by atoms with E-state index in [-0.39, 0.29) is 30.0 Å². The number of amides is 3. The van der Waals surface area contributed by atoms with Gasteiger partial charge in [0.25, 0.3) is 5.91 Å². The molecule has 2 aliphatic rings. The summed E-state index contributed by atoms with van der Waals surface area (Å²) in [6, 6.07) is 20.0. The van der Waals surface area contributed by atoms with E-state index in [1.165, 1.54) is 21.6 Å². The van der Waals surface area contributed by atoms with Crippen LogP contribution in [0.2, 0.25) is 5.02 Å². The van der Waals surface area contributed by atoms with Crippen molar-refractivity contribution in [2.24, 2.45) is 0 Å². The van der Waals surface area contributed by atoms with Crippen molar-refractivity contribution in [2.45, 2.75) is 18.7 Å². The molecule has 0 aromatic heterocycles. The first-order valence-electron chi connectivity index (χ1n) is 10.8. The summed E-state index contributed by atoms with van der Waals surface area (Å²) in [5.41, 5.74) is 4.61. The summed E-state index contributed by atoms with van der Waals surface area (Å²) in [7, 11) is 0. The van der Waals surface area contributed by atoms with Crippen LogP contribution in [0.25, 0.3) is 0 Å². The highest BCUT2D eigenvalue weighted by atomic mass is 35.5. The number of halogens is 1. The van der Waals surface area contributed by atoms with Crippen LogP contribution in [-0.2, 0) is 19.3 Å². The number of hydrogen-bond acceptors (Lipinski definition) is 4. The lowest BCUT2D eigenvalue weighted by molar-refractivity contribution is -0.124. The summed E-state index contributed by atoms with van der Waals surface area (Å²) in [5.74, 6) is -0.664. The van der Waals surface area contributed by atoms with E-state index in [0.717, 1.165) is 11.1 Å². The third-order valence-corrected chi connectivity index (χ3v) is 7.71. The van der Waals surface area contributed by atoms with Gasteiger partial charge in [0, 0.05) is 22.0 Å². The third-order valence-electron chi connectivity index (χ3n) is 6.09. The first-order chi connectivity index (χ1) is 16.3. The van der Waals surface area contributed by atoms with E-state index in [1.807, 2.05) is 56.3 Å². The van der Waals surface area contributed by atoms with Gasteiger partial charge >= 0.3 is 0 Å². The average molecular weight is 492 g/mol. The van der Waals surface area contributed by atoms with Gasteiger partial charge in [-0.2, -0.15) is 0 Å². The molecule has 0 bridgehead atoms. The number of thioether (sulfide) groups is 1. The van der Waals surface area contributed by atoms with Crippen molar-refractivity contribution < 1.29 is 14.4 Å². The van der Waals surface area contributed by atoms with E-state index in [0.29, 0.717) is 27.6 Å². The van der Waals surface area contributed by atoms with Gasteiger partial charge in [0.15, 0.2) is 0 Å². The molecule has 3 aromatic rings. The molecular formula is C26H22ClN3O3S. The summed E-state index contributed by atoms with van der Waals surface area (Å²) < 4.78 is 0. The van der Waals surface area contributed by atoms with Gasteiger partial charge in [-0.25, -0.2) is 0 Å². The molecule has 6 nitrogen and oxygen atoms in total. The zero-order valence-electron chi connectivity index (χ0n) is 18.7. The molecule has 8 heteroatoms. The molecule has 2 aliphatic heterocycles. The van der Waals surface area contributed by atoms with Crippen LogP contribution < -0.4 is 15.1 Å². The summed E-state index contributed by atoms with van der Waals surface area (Å²) in [6.45, 7) is 3.75. The molecule has 172 valence electrons. The molecular weight excluding hydrogens is 470 g/mol. The fourth-order valence-corrected chi connectivity index (χ4v) is 6.16. The molecule has 2 heterocycles. The number of anilines is 3. The summed E-state index contributed by atoms with van der Waals surface area (Å²) in [4.78, 5) is 41.8. The third kappa shape index (κ3) is 3.56. The molecule has 0 aliphatic carbocycles. The average Bonchev–Trinajstić information content (AvgIpc) is 3.27. The maximum atomic E-state index is 14.0. The van der Waals surface area contributed by atoms with Crippen LogP contribution in [0, 0.1) is 13.8 Å². The molecule has 34 heavy (non-hydrogen) atoms. The minimum absolute atomic E-state index is 0.148. The van der Waals surface area contributed by atoms with Crippen molar-refractivity contribution in [3.05, 3.63) is 88.4 Å². The summed E-state index contributed by atoms with van der Waals surface area (Å²) >= 11 is 7.48. The van der Waals surface area contributed by atoms with Gasteiger partial charge in [0.05, 0.1) is 11.4 Å². The van der Waals surface area contributed by atoms with E-state index in [9.17, 15) is 14.4 Å². The van der Waals surface area contributed by atoms with Gasteiger partial charge in [0.1, 0.15) is 6.54 Å². The van der Waals surface area contributed by atoms with E-state index in [1.54, 1.807) is 24.3 Å². The van der Waals surface area contributed by atoms with Crippen LogP contribution in [0.3, 0.4) is 0 Å². The second kappa shape index (κ2) is 8.49. The molecule has 3 aromatic carbocycles. The van der Waals surface area contributed by atoms with Crippen LogP contribution in [0.1, 0.15) is 16.7 Å². The predicted octanol–water partition coefficient (Wildman–Crippen LogP) is 4.87. The second-order valence-electron chi connectivity index (χ2n) is 8.42. The number of nitrogens with one attached hydrogen (secondary N) is 1. The van der Waals surface area contributed by atoms with E-state index in [4.69, 9.17) is 11.6 Å². The van der Waals surface area contributed by atoms with Crippen molar-refractivity contribution in [1.29, 1.82) is 0 Å². The normalized spacial score (nSPS) is 19.1. The van der Waals surface area contributed by atoms with Crippen molar-refractivity contribution in [1.82, 2.24) is 0 Å². The molecule has 5 rings (SSSR count). The molecule has 1 saturated heterocycles. The van der Waals surface area contributed by atoms with Gasteiger partial charge in [-0.3, -0.25) is 24.2 Å². The Morgan fingerprint density at radius 3 is 2.62 bits per heavy atom. The minimum atomic E-state index is -1.28. The second-order valence-corrected chi connectivity index (χ2v) is 10.0. The highest BCUT2D eigenvalue weighted by molar-refractivity contribution is 8.02. The van der Waals surface area contributed by atoms with Crippen molar-refractivity contribution in [3.63, 3.8) is 0 Å². The van der Waals surface area contributed by atoms with Crippen LogP contribution in [0.4, 0.5) is 17.1 Å². The number of nitrogens with zero attached hydrogens (tertiary/aromatic N) is 2. The Balaban J connectivity index is 1.51. The number of benzene rings is 3. The van der Waals surface area contributed by atoms with E-state index < -0.39 is 4.87 Å². The number of hydrogen-bond donors (Lipinski definition) is 1. The first kappa shape index (κ1) is 22.5. The number of rotatable bonds is 4. The number of aryl methyl sites for hydroxylation is 2. The monoisotopic (exact) mass is 491 g/mol. The predicted molar refractivity (Wildman–Crippen MR) is 136 cm³/mol. The maximum absolute atomic E-state index is 14.0. The number of fused-ring (bicyclic) bond motifs is 2. The molecule has 1 atom stereocenters. The SMILES string of the molecule is Cc1ccc(NC(=O)CN2C(=O)[C@@]3(SCC(=O)N3c3cccc(Cl)c3)c3ccccc32)c(C)c1. The van der Waals surface area contributed by atoms with Crippen LogP contribution >= 0.6 is 23.4 Å². The summed E-state index contributed by atoms with van der Waals surface area (Å²) in [5, 5.41) is 3.39. The molecule has 0 saturated carbocycles. The van der Waals surface area contributed by atoms with Crippen molar-refractivity contribution >= 4 is 58.1 Å². The lowest BCUT2D eigenvalue weighted by Gasteiger charge is -2.33. The lowest BCUT2D eigenvalue weighted by atomic mass is 10.0. The van der Waals surface area contributed by atoms with E-state index >= 15 is 0 Å². The Hall–Kier alpha value is -3.29. The van der Waals surface area contributed by atoms with E-state index in [2.05, 4.69) is 5.32 Å². The molecule has 0 unspecified atom stereocenters. The minimum Gasteiger partial charge on any atom is -0.324 e. The van der Waals surface area contributed by atoms with Crippen molar-refractivity contribution in [2.75, 3.05) is 27.4 Å². The van der Waals surface area contributed by atoms with Crippen LogP contribution in [-0.4, -0.2) is 30.0 Å². The maximum Gasteiger partial charge on any atom is 0.269 e.